The summed E-state index contributed by atoms with van der Waals surface area (Å²) in [6, 6.07) is 9.66. The van der Waals surface area contributed by atoms with E-state index in [0.29, 0.717) is 11.8 Å². The van der Waals surface area contributed by atoms with Gasteiger partial charge in [0.05, 0.1) is 5.00 Å². The van der Waals surface area contributed by atoms with Crippen LogP contribution in [0.2, 0.25) is 0 Å². The minimum atomic E-state index is 0.636. The molecule has 0 amide bonds. The van der Waals surface area contributed by atoms with Crippen LogP contribution >= 0.6 is 46.6 Å². The van der Waals surface area contributed by atoms with Gasteiger partial charge >= 0.3 is 0 Å². The molecule has 0 radical (unpaired) electrons. The van der Waals surface area contributed by atoms with Gasteiger partial charge in [-0.2, -0.15) is 11.8 Å². The molecule has 1 nitrogen and oxygen atoms in total. The summed E-state index contributed by atoms with van der Waals surface area (Å²) in [6.45, 7) is 5.77. The number of hydrogen-bond donors (Lipinski definition) is 1. The van der Waals surface area contributed by atoms with Gasteiger partial charge in [0.1, 0.15) is 0 Å². The van der Waals surface area contributed by atoms with Crippen molar-refractivity contribution in [3.05, 3.63) is 68.5 Å². The minimum Gasteiger partial charge on any atom is -0.377 e. The Morgan fingerprint density at radius 1 is 0.947 bits per heavy atom. The van der Waals surface area contributed by atoms with Gasteiger partial charge in [0.2, 0.25) is 0 Å². The van der Waals surface area contributed by atoms with Crippen LogP contribution in [-0.2, 0) is 12.8 Å². The third kappa shape index (κ3) is 5.08. The molecule has 2 aromatic rings. The van der Waals surface area contributed by atoms with Crippen LogP contribution < -0.4 is 5.32 Å². The Kier molecular flexibility index (Phi) is 7.75. The van der Waals surface area contributed by atoms with E-state index < -0.39 is 0 Å². The number of fused-ring (bicyclic) bond motifs is 7. The Morgan fingerprint density at radius 2 is 1.84 bits per heavy atom. The Labute approximate surface area is 246 Å². The highest BCUT2D eigenvalue weighted by Gasteiger charge is 2.47. The number of unbranched alkanes of at least 4 members (excludes halogenated alkanes) is 1. The second-order valence-corrected chi connectivity index (χ2v) is 17.6. The molecule has 5 heteroatoms. The summed E-state index contributed by atoms with van der Waals surface area (Å²) in [5.41, 5.74) is 6.66. The van der Waals surface area contributed by atoms with Gasteiger partial charge in [-0.3, -0.25) is 0 Å². The highest BCUT2D eigenvalue weighted by molar-refractivity contribution is 8.04. The van der Waals surface area contributed by atoms with Crippen molar-refractivity contribution in [2.24, 2.45) is 0 Å². The van der Waals surface area contributed by atoms with Crippen LogP contribution in [0.25, 0.3) is 0 Å². The molecular formula is C33H41NS4. The zero-order valence-corrected chi connectivity index (χ0v) is 26.1. The molecule has 1 aromatic heterocycles. The van der Waals surface area contributed by atoms with E-state index in [4.69, 9.17) is 0 Å². The highest BCUT2D eigenvalue weighted by atomic mass is 32.2. The zero-order chi connectivity index (χ0) is 25.6. The summed E-state index contributed by atoms with van der Waals surface area (Å²) in [6.07, 6.45) is 18.4. The van der Waals surface area contributed by atoms with Gasteiger partial charge in [0.25, 0.3) is 0 Å². The number of anilines is 1. The maximum Gasteiger partial charge on any atom is 0.0885 e. The Bertz CT molecular complexity index is 1240. The van der Waals surface area contributed by atoms with Gasteiger partial charge in [0, 0.05) is 49.2 Å². The normalized spacial score (nSPS) is 30.7. The van der Waals surface area contributed by atoms with Crippen LogP contribution in [0.15, 0.2) is 51.8 Å². The number of benzene rings is 1. The van der Waals surface area contributed by atoms with E-state index in [0.717, 1.165) is 27.5 Å². The second-order valence-electron chi connectivity index (χ2n) is 12.0. The summed E-state index contributed by atoms with van der Waals surface area (Å²) >= 11 is 8.68. The van der Waals surface area contributed by atoms with Gasteiger partial charge in [-0.15, -0.1) is 34.9 Å². The topological polar surface area (TPSA) is 12.0 Å². The molecular weight excluding hydrogens is 539 g/mol. The molecule has 1 N–H and O–H groups in total. The number of thioether (sulfide) groups is 3. The molecule has 7 rings (SSSR count). The molecule has 4 heterocycles. The van der Waals surface area contributed by atoms with Gasteiger partial charge < -0.3 is 5.32 Å². The first kappa shape index (κ1) is 26.2. The fraction of sp³-hybridized carbons (Fsp3) is 0.576. The first-order valence-corrected chi connectivity index (χ1v) is 18.6. The van der Waals surface area contributed by atoms with E-state index in [1.807, 2.05) is 11.3 Å². The van der Waals surface area contributed by atoms with Crippen molar-refractivity contribution in [3.63, 3.8) is 0 Å². The molecule has 2 aliphatic carbocycles. The summed E-state index contributed by atoms with van der Waals surface area (Å²) in [4.78, 5) is 4.94. The summed E-state index contributed by atoms with van der Waals surface area (Å²) in [7, 11) is 0. The van der Waals surface area contributed by atoms with E-state index in [1.165, 1.54) is 69.2 Å². The van der Waals surface area contributed by atoms with Gasteiger partial charge in [-0.25, -0.2) is 0 Å². The monoisotopic (exact) mass is 579 g/mol. The van der Waals surface area contributed by atoms with Crippen molar-refractivity contribution in [1.82, 2.24) is 0 Å². The predicted octanol–water partition coefficient (Wildman–Crippen LogP) is 10.2. The summed E-state index contributed by atoms with van der Waals surface area (Å²) in [5.74, 6) is 1.29. The lowest BCUT2D eigenvalue weighted by Gasteiger charge is -2.42. The average Bonchev–Trinajstić information content (AvgIpc) is 3.69. The fourth-order valence-electron chi connectivity index (χ4n) is 7.18. The second kappa shape index (κ2) is 11.3. The van der Waals surface area contributed by atoms with Crippen LogP contribution in [0.4, 0.5) is 5.00 Å². The molecule has 0 spiro atoms. The van der Waals surface area contributed by atoms with E-state index in [2.05, 4.69) is 90.9 Å². The molecule has 0 saturated carbocycles. The molecule has 1 aromatic carbocycles. The minimum absolute atomic E-state index is 0.636. The fourth-order valence-corrected chi connectivity index (χ4v) is 12.7. The molecule has 1 fully saturated rings. The molecule has 0 bridgehead atoms. The largest absolute Gasteiger partial charge is 0.377 e. The van der Waals surface area contributed by atoms with Gasteiger partial charge in [-0.1, -0.05) is 44.6 Å². The molecule has 38 heavy (non-hydrogen) atoms. The Balaban J connectivity index is 0.959. The van der Waals surface area contributed by atoms with Crippen molar-refractivity contribution in [1.29, 1.82) is 0 Å². The Hall–Kier alpha value is -0.750. The van der Waals surface area contributed by atoms with Crippen molar-refractivity contribution >= 4 is 51.6 Å². The maximum atomic E-state index is 3.60. The van der Waals surface area contributed by atoms with E-state index in [1.54, 1.807) is 36.9 Å². The highest BCUT2D eigenvalue weighted by Crippen LogP contribution is 2.64. The zero-order valence-electron chi connectivity index (χ0n) is 22.8. The molecule has 1 saturated heterocycles. The lowest BCUT2D eigenvalue weighted by molar-refractivity contribution is 0.606. The predicted molar refractivity (Wildman–Crippen MR) is 173 cm³/mol. The molecule has 5 aliphatic rings. The Morgan fingerprint density at radius 3 is 2.71 bits per heavy atom. The summed E-state index contributed by atoms with van der Waals surface area (Å²) < 4.78 is 0. The number of nitrogens with one attached hydrogen (secondary N) is 1. The van der Waals surface area contributed by atoms with Crippen molar-refractivity contribution < 1.29 is 0 Å². The van der Waals surface area contributed by atoms with Crippen molar-refractivity contribution in [3.8, 4) is 0 Å². The SMILES string of the molecule is CCCCNc1ccc(CCC2CC3=C(S2)C2c4ccc5c(c4C2C=C3)SC(CCC2CCC(C)S2)C5)s1. The molecule has 202 valence electrons. The van der Waals surface area contributed by atoms with Crippen molar-refractivity contribution in [2.75, 3.05) is 11.9 Å². The quantitative estimate of drug-likeness (QED) is 0.281. The number of thiophene rings is 1. The van der Waals surface area contributed by atoms with Gasteiger partial charge in [0.15, 0.2) is 0 Å². The first-order chi connectivity index (χ1) is 18.7. The lowest BCUT2D eigenvalue weighted by atomic mass is 9.64. The maximum absolute atomic E-state index is 3.60. The van der Waals surface area contributed by atoms with Crippen LogP contribution in [-0.4, -0.2) is 27.5 Å². The standard InChI is InChI=1S/C33H41NS4/c1-3-4-17-34-29-16-13-24(36-29)10-12-26-19-22-7-15-28-30-27(31(28)33(22)38-26)14-6-21-18-25(37-32(21)30)11-9-23-8-5-20(2)35-23/h6-7,13-16,20,23,25-26,28,31,34H,3-5,8-12,17-19H2,1-2H3. The number of rotatable bonds is 10. The third-order valence-electron chi connectivity index (χ3n) is 9.25. The first-order valence-electron chi connectivity index (χ1n) is 15.0. The van der Waals surface area contributed by atoms with Crippen LogP contribution in [0, 0.1) is 0 Å². The van der Waals surface area contributed by atoms with E-state index in [9.17, 15) is 0 Å². The van der Waals surface area contributed by atoms with Crippen LogP contribution in [0.5, 0.6) is 0 Å². The molecule has 3 aliphatic heterocycles. The molecule has 6 unspecified atom stereocenters. The van der Waals surface area contributed by atoms with Gasteiger partial charge in [-0.05, 0) is 97.1 Å². The summed E-state index contributed by atoms with van der Waals surface area (Å²) in [5, 5.41) is 8.30. The number of aryl methyl sites for hydroxylation is 1. The number of hydrogen-bond acceptors (Lipinski definition) is 5. The molecule has 6 atom stereocenters. The van der Waals surface area contributed by atoms with Crippen LogP contribution in [0.1, 0.15) is 98.6 Å². The van der Waals surface area contributed by atoms with E-state index in [-0.39, 0.29) is 0 Å². The van der Waals surface area contributed by atoms with E-state index >= 15 is 0 Å². The van der Waals surface area contributed by atoms with Crippen LogP contribution in [0.3, 0.4) is 0 Å². The lowest BCUT2D eigenvalue weighted by Crippen LogP contribution is -2.26. The average molecular weight is 580 g/mol. The smallest absolute Gasteiger partial charge is 0.0885 e. The number of allylic oxidation sites excluding steroid dienone is 4. The van der Waals surface area contributed by atoms with Crippen molar-refractivity contribution in [2.45, 2.75) is 116 Å². The third-order valence-corrected chi connectivity index (χ3v) is 14.9.